The fraction of sp³-hybridized carbons (Fsp3) is 0.652. The molecule has 0 atom stereocenters. The molecule has 1 saturated heterocycles. The second-order valence-corrected chi connectivity index (χ2v) is 10.9. The van der Waals surface area contributed by atoms with Crippen LogP contribution in [0.5, 0.6) is 0 Å². The van der Waals surface area contributed by atoms with E-state index in [0.717, 1.165) is 38.8 Å². The molecule has 7 heteroatoms. The number of likely N-dealkylation sites (tertiary alicyclic amines) is 1. The van der Waals surface area contributed by atoms with E-state index in [1.54, 1.807) is 12.1 Å². The van der Waals surface area contributed by atoms with E-state index in [2.05, 4.69) is 37.0 Å². The minimum Gasteiger partial charge on any atom is -0.355 e. The topological polar surface area (TPSA) is 70.1 Å². The quantitative estimate of drug-likeness (QED) is 0.656. The predicted octanol–water partition coefficient (Wildman–Crippen LogP) is 3.77. The average molecular weight is 434 g/mol. The number of rotatable bonds is 7. The molecule has 30 heavy (non-hydrogen) atoms. The Labute approximate surface area is 181 Å². The van der Waals surface area contributed by atoms with E-state index >= 15 is 0 Å². The summed E-state index contributed by atoms with van der Waals surface area (Å²) in [7, 11) is -3.61. The minimum atomic E-state index is -3.61. The Morgan fingerprint density at radius 1 is 1.07 bits per heavy atom. The van der Waals surface area contributed by atoms with Crippen molar-refractivity contribution in [2.45, 2.75) is 58.3 Å². The van der Waals surface area contributed by atoms with Crippen LogP contribution in [0.15, 0.2) is 33.6 Å². The van der Waals surface area contributed by atoms with Crippen molar-refractivity contribution in [3.05, 3.63) is 29.8 Å². The summed E-state index contributed by atoms with van der Waals surface area (Å²) in [5.74, 6) is 1.95. The molecule has 2 aliphatic heterocycles. The lowest BCUT2D eigenvalue weighted by Crippen LogP contribution is -2.45. The van der Waals surface area contributed by atoms with Crippen LogP contribution in [0.2, 0.25) is 0 Å². The van der Waals surface area contributed by atoms with Crippen LogP contribution in [-0.2, 0) is 14.8 Å². The number of nitrogens with zero attached hydrogens (tertiary/aromatic N) is 3. The van der Waals surface area contributed by atoms with Crippen LogP contribution < -0.4 is 0 Å². The highest BCUT2D eigenvalue weighted by Crippen LogP contribution is 2.30. The third kappa shape index (κ3) is 5.23. The van der Waals surface area contributed by atoms with Gasteiger partial charge in [-0.25, -0.2) is 0 Å². The van der Waals surface area contributed by atoms with Gasteiger partial charge >= 0.3 is 0 Å². The normalized spacial score (nSPS) is 18.6. The van der Waals surface area contributed by atoms with Crippen LogP contribution in [0.3, 0.4) is 0 Å². The van der Waals surface area contributed by atoms with Gasteiger partial charge in [-0.05, 0) is 49.7 Å². The van der Waals surface area contributed by atoms with E-state index in [1.807, 2.05) is 17.0 Å². The van der Waals surface area contributed by atoms with Gasteiger partial charge in [0, 0.05) is 37.7 Å². The Kier molecular flexibility index (Phi) is 7.22. The molecule has 6 nitrogen and oxygen atoms in total. The molecular formula is C23H35N3O3S. The van der Waals surface area contributed by atoms with Crippen molar-refractivity contribution in [3.63, 3.8) is 0 Å². The molecule has 3 rings (SSSR count). The van der Waals surface area contributed by atoms with Gasteiger partial charge in [-0.2, -0.15) is 8.42 Å². The fourth-order valence-electron chi connectivity index (χ4n) is 4.07. The van der Waals surface area contributed by atoms with Gasteiger partial charge in [-0.3, -0.25) is 4.79 Å². The number of amidine groups is 1. The van der Waals surface area contributed by atoms with Gasteiger partial charge < -0.3 is 9.80 Å². The van der Waals surface area contributed by atoms with Crippen LogP contribution in [-0.4, -0.2) is 56.1 Å². The molecule has 1 amide bonds. The second-order valence-electron chi connectivity index (χ2n) is 9.34. The molecule has 0 spiro atoms. The zero-order chi connectivity index (χ0) is 21.9. The van der Waals surface area contributed by atoms with Gasteiger partial charge in [-0.1, -0.05) is 39.8 Å². The minimum absolute atomic E-state index is 0.00873. The largest absolute Gasteiger partial charge is 0.355 e. The maximum atomic E-state index is 13.2. The molecule has 166 valence electrons. The van der Waals surface area contributed by atoms with E-state index in [-0.39, 0.29) is 16.7 Å². The second kappa shape index (κ2) is 9.50. The van der Waals surface area contributed by atoms with E-state index in [0.29, 0.717) is 36.3 Å². The number of hydrogen-bond acceptors (Lipinski definition) is 4. The van der Waals surface area contributed by atoms with Crippen molar-refractivity contribution in [3.8, 4) is 0 Å². The lowest BCUT2D eigenvalue weighted by Gasteiger charge is -2.35. The SMILES string of the molecule is CC(C)CCN(CCC(C)C)C(=O)C1CCN(C2=NS(=O)(=O)c3ccccc32)CC1. The number of hydrogen-bond donors (Lipinski definition) is 0. The number of benzene rings is 1. The van der Waals surface area contributed by atoms with Gasteiger partial charge in [-0.15, -0.1) is 4.40 Å². The first-order chi connectivity index (χ1) is 14.2. The molecule has 1 aromatic rings. The number of sulfonamides is 1. The van der Waals surface area contributed by atoms with Crippen molar-refractivity contribution in [1.29, 1.82) is 0 Å². The van der Waals surface area contributed by atoms with Crippen LogP contribution in [0, 0.1) is 17.8 Å². The summed E-state index contributed by atoms with van der Waals surface area (Å²) >= 11 is 0. The molecule has 0 saturated carbocycles. The zero-order valence-electron chi connectivity index (χ0n) is 18.7. The average Bonchev–Trinajstić information content (AvgIpc) is 2.99. The maximum Gasteiger partial charge on any atom is 0.285 e. The van der Waals surface area contributed by atoms with Gasteiger partial charge in [0.05, 0.1) is 0 Å². The number of fused-ring (bicyclic) bond motifs is 1. The third-order valence-corrected chi connectivity index (χ3v) is 7.35. The first-order valence-corrected chi connectivity index (χ1v) is 12.6. The Morgan fingerprint density at radius 3 is 2.20 bits per heavy atom. The Hall–Kier alpha value is -1.89. The van der Waals surface area contributed by atoms with Crippen molar-refractivity contribution in [2.24, 2.45) is 22.2 Å². The third-order valence-electron chi connectivity index (χ3n) is 6.02. The van der Waals surface area contributed by atoms with Gasteiger partial charge in [0.25, 0.3) is 10.0 Å². The maximum absolute atomic E-state index is 13.2. The number of amides is 1. The van der Waals surface area contributed by atoms with Gasteiger partial charge in [0.1, 0.15) is 4.90 Å². The zero-order valence-corrected chi connectivity index (χ0v) is 19.5. The molecular weight excluding hydrogens is 398 g/mol. The molecule has 0 N–H and O–H groups in total. The van der Waals surface area contributed by atoms with Crippen molar-refractivity contribution < 1.29 is 13.2 Å². The predicted molar refractivity (Wildman–Crippen MR) is 120 cm³/mol. The van der Waals surface area contributed by atoms with Crippen LogP contribution in [0.4, 0.5) is 0 Å². The number of carbonyl (C=O) groups is 1. The summed E-state index contributed by atoms with van der Waals surface area (Å²) in [6, 6.07) is 6.99. The summed E-state index contributed by atoms with van der Waals surface area (Å²) in [5.41, 5.74) is 0.678. The number of carbonyl (C=O) groups excluding carboxylic acids is 1. The van der Waals surface area contributed by atoms with Crippen molar-refractivity contribution in [2.75, 3.05) is 26.2 Å². The van der Waals surface area contributed by atoms with E-state index in [9.17, 15) is 13.2 Å². The highest BCUT2D eigenvalue weighted by atomic mass is 32.2. The summed E-state index contributed by atoms with van der Waals surface area (Å²) in [4.78, 5) is 17.6. The van der Waals surface area contributed by atoms with E-state index < -0.39 is 10.0 Å². The van der Waals surface area contributed by atoms with Crippen molar-refractivity contribution in [1.82, 2.24) is 9.80 Å². The Morgan fingerprint density at radius 2 is 1.63 bits per heavy atom. The fourth-order valence-corrected chi connectivity index (χ4v) is 5.30. The van der Waals surface area contributed by atoms with Gasteiger partial charge in [0.2, 0.25) is 5.91 Å². The monoisotopic (exact) mass is 433 g/mol. The molecule has 2 aliphatic rings. The molecule has 0 bridgehead atoms. The Bertz CT molecular complexity index is 873. The first kappa shape index (κ1) is 22.8. The summed E-state index contributed by atoms with van der Waals surface area (Å²) in [6.45, 7) is 11.7. The van der Waals surface area contributed by atoms with E-state index in [1.165, 1.54) is 0 Å². The molecule has 2 heterocycles. The molecule has 1 aromatic carbocycles. The van der Waals surface area contributed by atoms with E-state index in [4.69, 9.17) is 0 Å². The molecule has 0 aliphatic carbocycles. The Balaban J connectivity index is 1.64. The summed E-state index contributed by atoms with van der Waals surface area (Å²) < 4.78 is 28.7. The molecule has 0 aromatic heterocycles. The van der Waals surface area contributed by atoms with Crippen LogP contribution >= 0.6 is 0 Å². The highest BCUT2D eigenvalue weighted by Gasteiger charge is 2.35. The number of piperidine rings is 1. The highest BCUT2D eigenvalue weighted by molar-refractivity contribution is 7.90. The first-order valence-electron chi connectivity index (χ1n) is 11.2. The van der Waals surface area contributed by atoms with Crippen molar-refractivity contribution >= 4 is 21.8 Å². The molecule has 1 fully saturated rings. The smallest absolute Gasteiger partial charge is 0.285 e. The lowest BCUT2D eigenvalue weighted by atomic mass is 9.94. The van der Waals surface area contributed by atoms with Crippen LogP contribution in [0.25, 0.3) is 0 Å². The van der Waals surface area contributed by atoms with Gasteiger partial charge in [0.15, 0.2) is 5.84 Å². The molecule has 0 unspecified atom stereocenters. The molecule has 0 radical (unpaired) electrons. The summed E-state index contributed by atoms with van der Waals surface area (Å²) in [5, 5.41) is 0. The van der Waals surface area contributed by atoms with Crippen LogP contribution in [0.1, 0.15) is 58.9 Å². The lowest BCUT2D eigenvalue weighted by molar-refractivity contribution is -0.137. The summed E-state index contributed by atoms with van der Waals surface area (Å²) in [6.07, 6.45) is 3.52. The standard InChI is InChI=1S/C23H35N3O3S/c1-17(2)9-13-26(14-10-18(3)4)23(27)19-11-15-25(16-12-19)22-20-7-5-6-8-21(20)30(28,29)24-22/h5-8,17-19H,9-16H2,1-4H3.